The molecule has 5 aromatic rings. The maximum Gasteiger partial charge on any atom is 0.335 e. The van der Waals surface area contributed by atoms with Crippen LogP contribution in [0.4, 0.5) is 0 Å². The fourth-order valence-electron chi connectivity index (χ4n) is 3.15. The van der Waals surface area contributed by atoms with Gasteiger partial charge in [0.25, 0.3) is 0 Å². The van der Waals surface area contributed by atoms with Gasteiger partial charge < -0.3 is 10.2 Å². The van der Waals surface area contributed by atoms with Gasteiger partial charge in [-0.05, 0) is 42.5 Å². The van der Waals surface area contributed by atoms with Gasteiger partial charge in [0.2, 0.25) is 0 Å². The van der Waals surface area contributed by atoms with Gasteiger partial charge in [0.1, 0.15) is 10.0 Å². The molecule has 0 aliphatic carbocycles. The average molecular weight is 432 g/mol. The largest absolute Gasteiger partial charge is 0.478 e. The molecule has 0 saturated heterocycles. The molecule has 0 atom stereocenters. The zero-order valence-electron chi connectivity index (χ0n) is 15.2. The van der Waals surface area contributed by atoms with E-state index in [1.807, 2.05) is 24.3 Å². The number of thiazole rings is 2. The number of hydrogen-bond acceptors (Lipinski definition) is 6. The van der Waals surface area contributed by atoms with Gasteiger partial charge in [0, 0.05) is 11.1 Å². The van der Waals surface area contributed by atoms with Gasteiger partial charge in [-0.2, -0.15) is 0 Å². The molecule has 2 aromatic heterocycles. The Morgan fingerprint density at radius 1 is 0.667 bits per heavy atom. The van der Waals surface area contributed by atoms with E-state index < -0.39 is 11.9 Å². The molecule has 6 nitrogen and oxygen atoms in total. The lowest BCUT2D eigenvalue weighted by molar-refractivity contribution is 0.0686. The molecule has 2 heterocycles. The molecule has 0 saturated carbocycles. The minimum absolute atomic E-state index is 0.238. The molecular weight excluding hydrogens is 420 g/mol. The van der Waals surface area contributed by atoms with Crippen molar-refractivity contribution < 1.29 is 19.8 Å². The number of hydrogen-bond donors (Lipinski definition) is 2. The zero-order valence-corrected chi connectivity index (χ0v) is 16.8. The Labute approximate surface area is 177 Å². The summed E-state index contributed by atoms with van der Waals surface area (Å²) in [7, 11) is 0. The van der Waals surface area contributed by atoms with E-state index in [-0.39, 0.29) is 11.1 Å². The van der Waals surface area contributed by atoms with Crippen molar-refractivity contribution in [2.75, 3.05) is 0 Å². The van der Waals surface area contributed by atoms with Crippen LogP contribution in [0.15, 0.2) is 60.7 Å². The number of rotatable bonds is 4. The van der Waals surface area contributed by atoms with E-state index in [9.17, 15) is 19.8 Å². The van der Waals surface area contributed by atoms with Crippen LogP contribution in [0.3, 0.4) is 0 Å². The van der Waals surface area contributed by atoms with Crippen LogP contribution in [0, 0.1) is 0 Å². The second-order valence-corrected chi connectivity index (χ2v) is 8.66. The van der Waals surface area contributed by atoms with Crippen molar-refractivity contribution in [3.63, 3.8) is 0 Å². The number of carboxylic acids is 2. The molecule has 0 unspecified atom stereocenters. The van der Waals surface area contributed by atoms with Crippen LogP contribution >= 0.6 is 22.7 Å². The van der Waals surface area contributed by atoms with Gasteiger partial charge in [-0.25, -0.2) is 19.6 Å². The van der Waals surface area contributed by atoms with E-state index in [0.717, 1.165) is 41.6 Å². The summed E-state index contributed by atoms with van der Waals surface area (Å²) in [5, 5.41) is 20.0. The SMILES string of the molecule is O=C(O)c1ccc2nc(-c3cccc(-c4nc5ccc(C(=O)O)cc5s4)c3)sc2c1. The molecule has 146 valence electrons. The van der Waals surface area contributed by atoms with Crippen molar-refractivity contribution in [1.29, 1.82) is 0 Å². The van der Waals surface area contributed by atoms with E-state index >= 15 is 0 Å². The van der Waals surface area contributed by atoms with Crippen LogP contribution in [-0.4, -0.2) is 32.1 Å². The Kier molecular flexibility index (Phi) is 4.30. The second-order valence-electron chi connectivity index (χ2n) is 6.59. The molecule has 8 heteroatoms. The number of aromatic carboxylic acids is 2. The molecule has 30 heavy (non-hydrogen) atoms. The predicted octanol–water partition coefficient (Wildman–Crippen LogP) is 5.64. The molecule has 5 rings (SSSR count). The van der Waals surface area contributed by atoms with E-state index in [0.29, 0.717) is 0 Å². The summed E-state index contributed by atoms with van der Waals surface area (Å²) < 4.78 is 1.63. The van der Waals surface area contributed by atoms with Crippen molar-refractivity contribution in [2.45, 2.75) is 0 Å². The van der Waals surface area contributed by atoms with Crippen LogP contribution in [0.25, 0.3) is 41.6 Å². The molecular formula is C22H12N2O4S2. The van der Waals surface area contributed by atoms with Gasteiger partial charge in [-0.1, -0.05) is 18.2 Å². The Hall–Kier alpha value is -3.62. The highest BCUT2D eigenvalue weighted by Gasteiger charge is 2.13. The molecule has 0 amide bonds. The topological polar surface area (TPSA) is 100 Å². The first-order valence-corrected chi connectivity index (χ1v) is 10.5. The quantitative estimate of drug-likeness (QED) is 0.381. The van der Waals surface area contributed by atoms with Crippen LogP contribution < -0.4 is 0 Å². The maximum absolute atomic E-state index is 11.2. The third kappa shape index (κ3) is 3.22. The van der Waals surface area contributed by atoms with Gasteiger partial charge >= 0.3 is 11.9 Å². The fourth-order valence-corrected chi connectivity index (χ4v) is 5.15. The lowest BCUT2D eigenvalue weighted by atomic mass is 10.1. The Morgan fingerprint density at radius 3 is 1.57 bits per heavy atom. The summed E-state index contributed by atoms with van der Waals surface area (Å²) in [5.74, 6) is -1.92. The zero-order chi connectivity index (χ0) is 20.8. The molecule has 0 aliphatic rings. The fraction of sp³-hybridized carbons (Fsp3) is 0. The van der Waals surface area contributed by atoms with Crippen molar-refractivity contribution >= 4 is 55.0 Å². The number of nitrogens with zero attached hydrogens (tertiary/aromatic N) is 2. The monoisotopic (exact) mass is 432 g/mol. The Balaban J connectivity index is 1.55. The van der Waals surface area contributed by atoms with Crippen LogP contribution in [0.2, 0.25) is 0 Å². The van der Waals surface area contributed by atoms with Gasteiger partial charge in [0.15, 0.2) is 0 Å². The molecule has 2 N–H and O–H groups in total. The molecule has 0 fully saturated rings. The number of carboxylic acid groups (broad SMARTS) is 2. The Morgan fingerprint density at radius 2 is 1.13 bits per heavy atom. The first kappa shape index (κ1) is 18.4. The second kappa shape index (κ2) is 7.01. The number of benzene rings is 3. The summed E-state index contributed by atoms with van der Waals surface area (Å²) in [5.41, 5.74) is 3.81. The number of fused-ring (bicyclic) bond motifs is 2. The maximum atomic E-state index is 11.2. The summed E-state index contributed by atoms with van der Waals surface area (Å²) in [6.07, 6.45) is 0. The number of aromatic nitrogens is 2. The van der Waals surface area contributed by atoms with Crippen LogP contribution in [0.1, 0.15) is 20.7 Å². The highest BCUT2D eigenvalue weighted by molar-refractivity contribution is 7.22. The summed E-state index contributed by atoms with van der Waals surface area (Å²) in [4.78, 5) is 31.7. The van der Waals surface area contributed by atoms with Gasteiger partial charge in [-0.15, -0.1) is 22.7 Å². The first-order valence-electron chi connectivity index (χ1n) is 8.86. The van der Waals surface area contributed by atoms with Gasteiger partial charge in [-0.3, -0.25) is 0 Å². The molecule has 3 aromatic carbocycles. The summed E-state index contributed by atoms with van der Waals surface area (Å²) >= 11 is 2.88. The first-order chi connectivity index (χ1) is 14.5. The Bertz CT molecular complexity index is 1360. The number of carbonyl (C=O) groups is 2. The van der Waals surface area contributed by atoms with Crippen molar-refractivity contribution in [1.82, 2.24) is 9.97 Å². The summed E-state index contributed by atoms with van der Waals surface area (Å²) in [6.45, 7) is 0. The lowest BCUT2D eigenvalue weighted by Gasteiger charge is -1.99. The standard InChI is InChI=1S/C22H12N2O4S2/c25-21(26)13-4-6-15-17(9-13)29-19(23-15)11-2-1-3-12(8-11)20-24-16-7-5-14(22(27)28)10-18(16)30-20/h1-10H,(H,25,26)(H,27,28). The smallest absolute Gasteiger partial charge is 0.335 e. The molecule has 0 aliphatic heterocycles. The summed E-state index contributed by atoms with van der Waals surface area (Å²) in [6, 6.07) is 17.6. The molecule has 0 bridgehead atoms. The lowest BCUT2D eigenvalue weighted by Crippen LogP contribution is -1.94. The van der Waals surface area contributed by atoms with E-state index in [1.54, 1.807) is 36.4 Å². The molecule has 0 radical (unpaired) electrons. The van der Waals surface area contributed by atoms with Crippen LogP contribution in [-0.2, 0) is 0 Å². The third-order valence-electron chi connectivity index (χ3n) is 4.63. The van der Waals surface area contributed by atoms with E-state index in [4.69, 9.17) is 0 Å². The van der Waals surface area contributed by atoms with E-state index in [2.05, 4.69) is 9.97 Å². The minimum atomic E-state index is -0.962. The third-order valence-corrected chi connectivity index (χ3v) is 6.76. The predicted molar refractivity (Wildman–Crippen MR) is 118 cm³/mol. The normalized spacial score (nSPS) is 11.2. The average Bonchev–Trinajstić information content (AvgIpc) is 3.36. The van der Waals surface area contributed by atoms with E-state index in [1.165, 1.54) is 22.7 Å². The molecule has 0 spiro atoms. The van der Waals surface area contributed by atoms with Crippen molar-refractivity contribution in [3.8, 4) is 21.1 Å². The van der Waals surface area contributed by atoms with Crippen LogP contribution in [0.5, 0.6) is 0 Å². The highest BCUT2D eigenvalue weighted by Crippen LogP contribution is 2.35. The highest BCUT2D eigenvalue weighted by atomic mass is 32.1. The minimum Gasteiger partial charge on any atom is -0.478 e. The van der Waals surface area contributed by atoms with Gasteiger partial charge in [0.05, 0.1) is 31.6 Å². The van der Waals surface area contributed by atoms with Crippen molar-refractivity contribution in [3.05, 3.63) is 71.8 Å². The van der Waals surface area contributed by atoms with Crippen molar-refractivity contribution in [2.24, 2.45) is 0 Å².